The third-order valence-corrected chi connectivity index (χ3v) is 3.51. The van der Waals surface area contributed by atoms with Crippen molar-refractivity contribution < 1.29 is 4.74 Å². The molecule has 0 saturated carbocycles. The SMILES string of the molecule is CCOc1ccc2cc(-c3ccc(C)cc3)ccc2c1. The lowest BCUT2D eigenvalue weighted by molar-refractivity contribution is 0.341. The second kappa shape index (κ2) is 5.38. The van der Waals surface area contributed by atoms with Crippen molar-refractivity contribution in [2.45, 2.75) is 13.8 Å². The predicted molar refractivity (Wildman–Crippen MR) is 85.3 cm³/mol. The second-order valence-electron chi connectivity index (χ2n) is 5.02. The van der Waals surface area contributed by atoms with E-state index in [9.17, 15) is 0 Å². The van der Waals surface area contributed by atoms with E-state index in [2.05, 4.69) is 61.5 Å². The van der Waals surface area contributed by atoms with Crippen LogP contribution in [-0.4, -0.2) is 6.61 Å². The quantitative estimate of drug-likeness (QED) is 0.629. The van der Waals surface area contributed by atoms with Crippen LogP contribution in [0, 0.1) is 6.92 Å². The monoisotopic (exact) mass is 262 g/mol. The van der Waals surface area contributed by atoms with Gasteiger partial charge in [-0.15, -0.1) is 0 Å². The van der Waals surface area contributed by atoms with Crippen molar-refractivity contribution in [2.75, 3.05) is 6.61 Å². The summed E-state index contributed by atoms with van der Waals surface area (Å²) >= 11 is 0. The first-order valence-corrected chi connectivity index (χ1v) is 7.00. The van der Waals surface area contributed by atoms with Crippen LogP contribution in [0.3, 0.4) is 0 Å². The summed E-state index contributed by atoms with van der Waals surface area (Å²) in [6.07, 6.45) is 0. The van der Waals surface area contributed by atoms with E-state index in [4.69, 9.17) is 4.74 Å². The minimum atomic E-state index is 0.701. The largest absolute Gasteiger partial charge is 0.494 e. The van der Waals surface area contributed by atoms with Crippen LogP contribution in [0.15, 0.2) is 60.7 Å². The number of rotatable bonds is 3. The Morgan fingerprint density at radius 2 is 1.40 bits per heavy atom. The molecule has 3 aromatic carbocycles. The normalized spacial score (nSPS) is 10.7. The molecule has 0 heterocycles. The van der Waals surface area contributed by atoms with E-state index in [1.807, 2.05) is 13.0 Å². The first-order valence-electron chi connectivity index (χ1n) is 7.00. The van der Waals surface area contributed by atoms with Crippen LogP contribution >= 0.6 is 0 Å². The molecular formula is C19H18O. The molecule has 0 bridgehead atoms. The highest BCUT2D eigenvalue weighted by Gasteiger charge is 2.01. The first-order chi connectivity index (χ1) is 9.76. The molecule has 0 fully saturated rings. The number of fused-ring (bicyclic) bond motifs is 1. The molecule has 0 aromatic heterocycles. The van der Waals surface area contributed by atoms with Gasteiger partial charge < -0.3 is 4.74 Å². The molecule has 0 saturated heterocycles. The molecule has 100 valence electrons. The highest BCUT2D eigenvalue weighted by molar-refractivity contribution is 5.88. The van der Waals surface area contributed by atoms with Gasteiger partial charge in [0, 0.05) is 0 Å². The molecular weight excluding hydrogens is 244 g/mol. The maximum Gasteiger partial charge on any atom is 0.119 e. The van der Waals surface area contributed by atoms with Gasteiger partial charge >= 0.3 is 0 Å². The summed E-state index contributed by atoms with van der Waals surface area (Å²) in [5.41, 5.74) is 3.80. The van der Waals surface area contributed by atoms with Crippen molar-refractivity contribution in [1.29, 1.82) is 0 Å². The van der Waals surface area contributed by atoms with Crippen LogP contribution < -0.4 is 4.74 Å². The molecule has 1 nitrogen and oxygen atoms in total. The summed E-state index contributed by atoms with van der Waals surface area (Å²) in [7, 11) is 0. The van der Waals surface area contributed by atoms with Gasteiger partial charge in [0.05, 0.1) is 6.61 Å². The maximum absolute atomic E-state index is 5.54. The highest BCUT2D eigenvalue weighted by atomic mass is 16.5. The number of ether oxygens (including phenoxy) is 1. The summed E-state index contributed by atoms with van der Waals surface area (Å²) < 4.78 is 5.54. The Bertz CT molecular complexity index is 726. The lowest BCUT2D eigenvalue weighted by atomic mass is 10.0. The van der Waals surface area contributed by atoms with Gasteiger partial charge in [-0.25, -0.2) is 0 Å². The molecule has 0 radical (unpaired) electrons. The molecule has 0 aliphatic rings. The van der Waals surface area contributed by atoms with Gasteiger partial charge in [-0.05, 0) is 53.9 Å². The van der Waals surface area contributed by atoms with E-state index in [-0.39, 0.29) is 0 Å². The van der Waals surface area contributed by atoms with Gasteiger partial charge in [0.25, 0.3) is 0 Å². The average Bonchev–Trinajstić information content (AvgIpc) is 2.48. The Hall–Kier alpha value is -2.28. The molecule has 1 heteroatoms. The second-order valence-corrected chi connectivity index (χ2v) is 5.02. The molecule has 0 aliphatic carbocycles. The summed E-state index contributed by atoms with van der Waals surface area (Å²) in [5, 5.41) is 2.46. The van der Waals surface area contributed by atoms with Crippen LogP contribution in [0.4, 0.5) is 0 Å². The van der Waals surface area contributed by atoms with Crippen LogP contribution in [0.25, 0.3) is 21.9 Å². The standard InChI is InChI=1S/C19H18O/c1-3-20-19-11-10-17-12-16(8-9-18(17)13-19)15-6-4-14(2)5-7-15/h4-13H,3H2,1-2H3. The van der Waals surface area contributed by atoms with E-state index in [0.29, 0.717) is 6.61 Å². The lowest BCUT2D eigenvalue weighted by Crippen LogP contribution is -1.90. The van der Waals surface area contributed by atoms with Gasteiger partial charge in [-0.2, -0.15) is 0 Å². The number of hydrogen-bond donors (Lipinski definition) is 0. The van der Waals surface area contributed by atoms with Crippen molar-refractivity contribution in [1.82, 2.24) is 0 Å². The minimum Gasteiger partial charge on any atom is -0.494 e. The average molecular weight is 262 g/mol. The third kappa shape index (κ3) is 2.53. The molecule has 20 heavy (non-hydrogen) atoms. The Labute approximate surface area is 119 Å². The fourth-order valence-electron chi connectivity index (χ4n) is 2.41. The predicted octanol–water partition coefficient (Wildman–Crippen LogP) is 5.21. The first kappa shape index (κ1) is 12.7. The third-order valence-electron chi connectivity index (χ3n) is 3.51. The highest BCUT2D eigenvalue weighted by Crippen LogP contribution is 2.27. The Morgan fingerprint density at radius 3 is 2.15 bits per heavy atom. The van der Waals surface area contributed by atoms with E-state index < -0.39 is 0 Å². The van der Waals surface area contributed by atoms with Crippen molar-refractivity contribution in [3.63, 3.8) is 0 Å². The Morgan fingerprint density at radius 1 is 0.750 bits per heavy atom. The zero-order valence-electron chi connectivity index (χ0n) is 11.9. The lowest BCUT2D eigenvalue weighted by Gasteiger charge is -2.07. The topological polar surface area (TPSA) is 9.23 Å². The number of hydrogen-bond acceptors (Lipinski definition) is 1. The molecule has 0 atom stereocenters. The van der Waals surface area contributed by atoms with Crippen molar-refractivity contribution in [3.05, 3.63) is 66.2 Å². The summed E-state index contributed by atoms with van der Waals surface area (Å²) in [5.74, 6) is 0.933. The number of aryl methyl sites for hydroxylation is 1. The van der Waals surface area contributed by atoms with Gasteiger partial charge in [0.1, 0.15) is 5.75 Å². The minimum absolute atomic E-state index is 0.701. The molecule has 0 unspecified atom stereocenters. The van der Waals surface area contributed by atoms with E-state index in [0.717, 1.165) is 5.75 Å². The van der Waals surface area contributed by atoms with Crippen molar-refractivity contribution in [3.8, 4) is 16.9 Å². The summed E-state index contributed by atoms with van der Waals surface area (Å²) in [4.78, 5) is 0. The molecule has 0 amide bonds. The van der Waals surface area contributed by atoms with Crippen LogP contribution in [-0.2, 0) is 0 Å². The fraction of sp³-hybridized carbons (Fsp3) is 0.158. The van der Waals surface area contributed by atoms with Crippen LogP contribution in [0.2, 0.25) is 0 Å². The van der Waals surface area contributed by atoms with E-state index in [1.165, 1.54) is 27.5 Å². The maximum atomic E-state index is 5.54. The van der Waals surface area contributed by atoms with E-state index in [1.54, 1.807) is 0 Å². The molecule has 0 spiro atoms. The zero-order valence-corrected chi connectivity index (χ0v) is 11.9. The van der Waals surface area contributed by atoms with Crippen LogP contribution in [0.1, 0.15) is 12.5 Å². The Balaban J connectivity index is 2.02. The van der Waals surface area contributed by atoms with Gasteiger partial charge in [-0.3, -0.25) is 0 Å². The van der Waals surface area contributed by atoms with Gasteiger partial charge in [0.2, 0.25) is 0 Å². The molecule has 0 N–H and O–H groups in total. The van der Waals surface area contributed by atoms with Gasteiger partial charge in [0.15, 0.2) is 0 Å². The van der Waals surface area contributed by atoms with Crippen molar-refractivity contribution >= 4 is 10.8 Å². The fourth-order valence-corrected chi connectivity index (χ4v) is 2.41. The zero-order chi connectivity index (χ0) is 13.9. The Kier molecular flexibility index (Phi) is 3.42. The summed E-state index contributed by atoms with van der Waals surface area (Å²) in [6, 6.07) is 21.5. The van der Waals surface area contributed by atoms with E-state index >= 15 is 0 Å². The van der Waals surface area contributed by atoms with Crippen LogP contribution in [0.5, 0.6) is 5.75 Å². The molecule has 3 aromatic rings. The van der Waals surface area contributed by atoms with Crippen molar-refractivity contribution in [2.24, 2.45) is 0 Å². The number of benzene rings is 3. The smallest absolute Gasteiger partial charge is 0.119 e. The summed E-state index contributed by atoms with van der Waals surface area (Å²) in [6.45, 7) is 4.82. The van der Waals surface area contributed by atoms with Gasteiger partial charge in [-0.1, -0.05) is 48.0 Å². The molecule has 0 aliphatic heterocycles. The molecule has 3 rings (SSSR count).